The van der Waals surface area contributed by atoms with Gasteiger partial charge in [0.15, 0.2) is 5.82 Å². The van der Waals surface area contributed by atoms with Crippen LogP contribution < -0.4 is 5.73 Å². The number of rotatable bonds is 3. The average molecular weight is 272 g/mol. The summed E-state index contributed by atoms with van der Waals surface area (Å²) < 4.78 is 2.25. The highest BCUT2D eigenvalue weighted by atomic mass is 32.1. The molecule has 5 heteroatoms. The minimum Gasteiger partial charge on any atom is -0.326 e. The Morgan fingerprint density at radius 2 is 2.21 bits per heavy atom. The summed E-state index contributed by atoms with van der Waals surface area (Å²) in [7, 11) is 0. The molecule has 19 heavy (non-hydrogen) atoms. The Hall–Kier alpha value is -1.72. The number of nitrogens with two attached hydrogens (primary N) is 1. The maximum Gasteiger partial charge on any atom is 0.153 e. The van der Waals surface area contributed by atoms with Gasteiger partial charge in [-0.05, 0) is 31.5 Å². The van der Waals surface area contributed by atoms with Crippen LogP contribution in [0.3, 0.4) is 0 Å². The molecule has 0 aliphatic carbocycles. The predicted octanol–water partition coefficient (Wildman–Crippen LogP) is 3.20. The summed E-state index contributed by atoms with van der Waals surface area (Å²) in [6, 6.07) is 6.60. The number of thiazole rings is 1. The second-order valence-electron chi connectivity index (χ2n) is 4.79. The fourth-order valence-electron chi connectivity index (χ4n) is 2.29. The Morgan fingerprint density at radius 3 is 2.84 bits per heavy atom. The molecule has 0 fully saturated rings. The Labute approximate surface area is 115 Å². The van der Waals surface area contributed by atoms with Crippen LogP contribution >= 0.6 is 11.3 Å². The highest BCUT2D eigenvalue weighted by Crippen LogP contribution is 2.30. The fourth-order valence-corrected chi connectivity index (χ4v) is 2.90. The zero-order valence-electron chi connectivity index (χ0n) is 11.0. The van der Waals surface area contributed by atoms with Crippen LogP contribution in [0.25, 0.3) is 21.7 Å². The van der Waals surface area contributed by atoms with E-state index in [0.717, 1.165) is 27.3 Å². The summed E-state index contributed by atoms with van der Waals surface area (Å²) in [5, 5.41) is 0. The second kappa shape index (κ2) is 4.75. The van der Waals surface area contributed by atoms with E-state index in [1.165, 1.54) is 0 Å². The number of imidazole rings is 1. The van der Waals surface area contributed by atoms with Crippen molar-refractivity contribution in [2.45, 2.75) is 26.4 Å². The third kappa shape index (κ3) is 2.05. The van der Waals surface area contributed by atoms with Crippen LogP contribution in [-0.2, 0) is 6.54 Å². The number of nitrogens with zero attached hydrogens (tertiary/aromatic N) is 3. The third-order valence-corrected chi connectivity index (χ3v) is 3.93. The minimum atomic E-state index is 0.353. The lowest BCUT2D eigenvalue weighted by Gasteiger charge is -2.11. The standard InChI is InChI=1S/C14H16N4S/c1-9(2)18-12-4-3-10(6-15)5-11(12)17-14(18)13-7-16-8-19-13/h3-5,7-9H,6,15H2,1-2H3. The number of hydrogen-bond acceptors (Lipinski definition) is 4. The largest absolute Gasteiger partial charge is 0.326 e. The van der Waals surface area contributed by atoms with E-state index in [9.17, 15) is 0 Å². The Morgan fingerprint density at radius 1 is 1.37 bits per heavy atom. The number of fused-ring (bicyclic) bond motifs is 1. The molecule has 98 valence electrons. The van der Waals surface area contributed by atoms with Crippen LogP contribution in [0.1, 0.15) is 25.5 Å². The Kier molecular flexibility index (Phi) is 3.08. The summed E-state index contributed by atoms with van der Waals surface area (Å²) in [5.74, 6) is 0.988. The molecule has 0 aliphatic heterocycles. The van der Waals surface area contributed by atoms with Gasteiger partial charge in [0.2, 0.25) is 0 Å². The van der Waals surface area contributed by atoms with Crippen molar-refractivity contribution in [1.82, 2.24) is 14.5 Å². The van der Waals surface area contributed by atoms with Crippen molar-refractivity contribution in [1.29, 1.82) is 0 Å². The van der Waals surface area contributed by atoms with Gasteiger partial charge >= 0.3 is 0 Å². The van der Waals surface area contributed by atoms with Crippen molar-refractivity contribution in [3.05, 3.63) is 35.5 Å². The summed E-state index contributed by atoms with van der Waals surface area (Å²) in [4.78, 5) is 10.0. The van der Waals surface area contributed by atoms with E-state index in [-0.39, 0.29) is 0 Å². The van der Waals surface area contributed by atoms with Crippen molar-refractivity contribution in [2.24, 2.45) is 5.73 Å². The highest BCUT2D eigenvalue weighted by molar-refractivity contribution is 7.13. The number of aromatic nitrogens is 3. The Balaban J connectivity index is 2.29. The van der Waals surface area contributed by atoms with Gasteiger partial charge < -0.3 is 10.3 Å². The molecular formula is C14H16N4S. The van der Waals surface area contributed by atoms with Crippen LogP contribution in [0.5, 0.6) is 0 Å². The molecule has 1 aromatic carbocycles. The van der Waals surface area contributed by atoms with Crippen LogP contribution in [0.15, 0.2) is 29.9 Å². The van der Waals surface area contributed by atoms with Crippen molar-refractivity contribution >= 4 is 22.4 Å². The zero-order valence-corrected chi connectivity index (χ0v) is 11.8. The normalized spacial score (nSPS) is 11.6. The van der Waals surface area contributed by atoms with Crippen LogP contribution in [0.4, 0.5) is 0 Å². The molecule has 4 nitrogen and oxygen atoms in total. The number of hydrogen-bond donors (Lipinski definition) is 1. The molecule has 0 aliphatic rings. The molecule has 3 rings (SSSR count). The molecule has 2 N–H and O–H groups in total. The molecule has 0 spiro atoms. The first-order chi connectivity index (χ1) is 9.20. The first-order valence-corrected chi connectivity index (χ1v) is 7.18. The lowest BCUT2D eigenvalue weighted by Crippen LogP contribution is -2.02. The van der Waals surface area contributed by atoms with Crippen LogP contribution in [0.2, 0.25) is 0 Å². The molecule has 0 unspecified atom stereocenters. The van der Waals surface area contributed by atoms with E-state index < -0.39 is 0 Å². The van der Waals surface area contributed by atoms with Gasteiger partial charge in [0.1, 0.15) is 0 Å². The minimum absolute atomic E-state index is 0.353. The fraction of sp³-hybridized carbons (Fsp3) is 0.286. The van der Waals surface area contributed by atoms with Gasteiger partial charge in [-0.2, -0.15) is 0 Å². The van der Waals surface area contributed by atoms with Gasteiger partial charge in [0.25, 0.3) is 0 Å². The van der Waals surface area contributed by atoms with Gasteiger partial charge in [-0.3, -0.25) is 4.98 Å². The molecule has 2 aromatic heterocycles. The number of benzene rings is 1. The van der Waals surface area contributed by atoms with E-state index in [4.69, 9.17) is 10.7 Å². The average Bonchev–Trinajstić information content (AvgIpc) is 3.04. The smallest absolute Gasteiger partial charge is 0.153 e. The maximum atomic E-state index is 5.70. The van der Waals surface area contributed by atoms with Crippen molar-refractivity contribution < 1.29 is 0 Å². The van der Waals surface area contributed by atoms with E-state index in [1.807, 2.05) is 11.7 Å². The van der Waals surface area contributed by atoms with E-state index in [1.54, 1.807) is 11.3 Å². The SMILES string of the molecule is CC(C)n1c(-c2cncs2)nc2cc(CN)ccc21. The third-order valence-electron chi connectivity index (χ3n) is 3.16. The van der Waals surface area contributed by atoms with Crippen LogP contribution in [-0.4, -0.2) is 14.5 Å². The lowest BCUT2D eigenvalue weighted by molar-refractivity contribution is 0.625. The van der Waals surface area contributed by atoms with Crippen molar-refractivity contribution in [3.8, 4) is 10.7 Å². The second-order valence-corrected chi connectivity index (χ2v) is 5.68. The molecule has 3 aromatic rings. The first-order valence-electron chi connectivity index (χ1n) is 6.30. The van der Waals surface area contributed by atoms with Gasteiger partial charge in [-0.25, -0.2) is 4.98 Å². The Bertz CT molecular complexity index is 698. The van der Waals surface area contributed by atoms with Gasteiger partial charge in [-0.15, -0.1) is 11.3 Å². The summed E-state index contributed by atoms with van der Waals surface area (Å²) in [6.07, 6.45) is 1.87. The topological polar surface area (TPSA) is 56.7 Å². The first kappa shape index (κ1) is 12.3. The van der Waals surface area contributed by atoms with Crippen molar-refractivity contribution in [3.63, 3.8) is 0 Å². The molecule has 0 bridgehead atoms. The highest BCUT2D eigenvalue weighted by Gasteiger charge is 2.16. The lowest BCUT2D eigenvalue weighted by atomic mass is 10.2. The van der Waals surface area contributed by atoms with Gasteiger partial charge in [0, 0.05) is 18.8 Å². The summed E-state index contributed by atoms with van der Waals surface area (Å²) in [6.45, 7) is 4.88. The molecule has 0 saturated carbocycles. The summed E-state index contributed by atoms with van der Waals surface area (Å²) in [5.41, 5.74) is 10.8. The molecule has 0 amide bonds. The zero-order chi connectivity index (χ0) is 13.4. The predicted molar refractivity (Wildman–Crippen MR) is 79.1 cm³/mol. The van der Waals surface area contributed by atoms with E-state index >= 15 is 0 Å². The molecule has 0 radical (unpaired) electrons. The van der Waals surface area contributed by atoms with Crippen LogP contribution in [0, 0.1) is 0 Å². The molecule has 0 atom stereocenters. The van der Waals surface area contributed by atoms with Gasteiger partial charge in [-0.1, -0.05) is 6.07 Å². The van der Waals surface area contributed by atoms with Gasteiger partial charge in [0.05, 0.1) is 21.4 Å². The molecule has 2 heterocycles. The van der Waals surface area contributed by atoms with E-state index in [2.05, 4.69) is 41.6 Å². The van der Waals surface area contributed by atoms with Crippen molar-refractivity contribution in [2.75, 3.05) is 0 Å². The molecule has 0 saturated heterocycles. The summed E-state index contributed by atoms with van der Waals surface area (Å²) >= 11 is 1.61. The maximum absolute atomic E-state index is 5.70. The monoisotopic (exact) mass is 272 g/mol. The molecular weight excluding hydrogens is 256 g/mol. The van der Waals surface area contributed by atoms with E-state index in [0.29, 0.717) is 12.6 Å². The quantitative estimate of drug-likeness (QED) is 0.796.